The quantitative estimate of drug-likeness (QED) is 0.220. The van der Waals surface area contributed by atoms with Crippen LogP contribution in [0.3, 0.4) is 0 Å². The Morgan fingerprint density at radius 2 is 1.40 bits per heavy atom. The molecule has 0 fully saturated rings. The minimum absolute atomic E-state index is 0.148. The van der Waals surface area contributed by atoms with Crippen LogP contribution >= 0.6 is 0 Å². The Morgan fingerprint density at radius 1 is 0.771 bits per heavy atom. The van der Waals surface area contributed by atoms with Gasteiger partial charge in [0.2, 0.25) is 17.7 Å². The van der Waals surface area contributed by atoms with Gasteiger partial charge in [-0.1, -0.05) is 86.6 Å². The van der Waals surface area contributed by atoms with Crippen LogP contribution in [0.25, 0.3) is 0 Å². The van der Waals surface area contributed by atoms with Crippen LogP contribution in [0.1, 0.15) is 47.3 Å². The average Bonchev–Trinajstić information content (AvgIpc) is 3.09. The number of aryl methyl sites for hydroxylation is 1. The van der Waals surface area contributed by atoms with E-state index in [1.54, 1.807) is 24.3 Å². The van der Waals surface area contributed by atoms with Crippen molar-refractivity contribution in [2.24, 2.45) is 5.92 Å². The molecule has 4 aromatic carbocycles. The second kappa shape index (κ2) is 16.4. The van der Waals surface area contributed by atoms with E-state index < -0.39 is 35.8 Å². The molecule has 0 aliphatic carbocycles. The van der Waals surface area contributed by atoms with Gasteiger partial charge in [-0.05, 0) is 71.8 Å². The summed E-state index contributed by atoms with van der Waals surface area (Å²) >= 11 is 0. The van der Waals surface area contributed by atoms with E-state index in [0.717, 1.165) is 16.7 Å². The van der Waals surface area contributed by atoms with E-state index in [1.807, 2.05) is 98.8 Å². The number of fused-ring (bicyclic) bond motifs is 4. The largest absolute Gasteiger partial charge is 0.457 e. The molecule has 9 nitrogen and oxygen atoms in total. The lowest BCUT2D eigenvalue weighted by Crippen LogP contribution is -2.57. The summed E-state index contributed by atoms with van der Waals surface area (Å²) in [6.45, 7) is 4.44. The third-order valence-electron chi connectivity index (χ3n) is 8.09. The van der Waals surface area contributed by atoms with Crippen LogP contribution in [-0.2, 0) is 33.6 Å². The number of ether oxygens (including phenoxy) is 1. The maximum atomic E-state index is 14.0. The molecule has 9 heteroatoms. The van der Waals surface area contributed by atoms with Crippen molar-refractivity contribution in [3.63, 3.8) is 0 Å². The molecule has 1 aliphatic heterocycles. The van der Waals surface area contributed by atoms with Crippen LogP contribution in [0.5, 0.6) is 11.5 Å². The van der Waals surface area contributed by atoms with E-state index in [0.29, 0.717) is 30.0 Å². The van der Waals surface area contributed by atoms with Gasteiger partial charge in [-0.15, -0.1) is 0 Å². The number of carbonyl (C=O) groups excluding carboxylic acids is 4. The number of hydrogen-bond donors (Lipinski definition) is 4. The summed E-state index contributed by atoms with van der Waals surface area (Å²) in [7, 11) is 0. The molecule has 3 atom stereocenters. The number of hydrogen-bond acceptors (Lipinski definition) is 5. The maximum Gasteiger partial charge on any atom is 0.251 e. The molecule has 1 heterocycles. The minimum atomic E-state index is -1.01. The summed E-state index contributed by atoms with van der Waals surface area (Å²) in [6, 6.07) is 30.2. The highest BCUT2D eigenvalue weighted by Gasteiger charge is 2.30. The van der Waals surface area contributed by atoms with Crippen LogP contribution in [0.15, 0.2) is 109 Å². The fraction of sp³-hybridized carbons (Fsp3) is 0.282. The molecule has 248 valence electrons. The van der Waals surface area contributed by atoms with Gasteiger partial charge in [0, 0.05) is 24.9 Å². The Bertz CT molecular complexity index is 1710. The molecular formula is C39H42N4O5. The van der Waals surface area contributed by atoms with Gasteiger partial charge in [-0.3, -0.25) is 19.2 Å². The molecule has 0 radical (unpaired) electrons. The third-order valence-corrected chi connectivity index (χ3v) is 8.09. The van der Waals surface area contributed by atoms with E-state index in [1.165, 1.54) is 0 Å². The lowest BCUT2D eigenvalue weighted by molar-refractivity contribution is -0.132. The molecular weight excluding hydrogens is 604 g/mol. The Kier molecular flexibility index (Phi) is 11.6. The first kappa shape index (κ1) is 33.9. The number of benzene rings is 4. The zero-order valence-corrected chi connectivity index (χ0v) is 27.3. The van der Waals surface area contributed by atoms with Crippen molar-refractivity contribution in [2.45, 2.75) is 57.7 Å². The van der Waals surface area contributed by atoms with Crippen molar-refractivity contribution in [1.82, 2.24) is 21.3 Å². The van der Waals surface area contributed by atoms with Crippen molar-refractivity contribution in [3.8, 4) is 11.5 Å². The van der Waals surface area contributed by atoms with Crippen molar-refractivity contribution < 1.29 is 23.9 Å². The zero-order chi connectivity index (χ0) is 33.9. The van der Waals surface area contributed by atoms with E-state index >= 15 is 0 Å². The Labute approximate surface area is 281 Å². The molecule has 4 N–H and O–H groups in total. The van der Waals surface area contributed by atoms with Gasteiger partial charge in [-0.2, -0.15) is 0 Å². The first-order chi connectivity index (χ1) is 23.2. The Balaban J connectivity index is 1.51. The summed E-state index contributed by atoms with van der Waals surface area (Å²) in [4.78, 5) is 54.8. The van der Waals surface area contributed by atoms with Gasteiger partial charge in [0.15, 0.2) is 0 Å². The smallest absolute Gasteiger partial charge is 0.251 e. The molecule has 4 bridgehead atoms. The fourth-order valence-electron chi connectivity index (χ4n) is 5.53. The molecule has 4 aromatic rings. The Hall–Kier alpha value is -5.44. The topological polar surface area (TPSA) is 126 Å². The van der Waals surface area contributed by atoms with Gasteiger partial charge < -0.3 is 26.0 Å². The average molecular weight is 647 g/mol. The van der Waals surface area contributed by atoms with Gasteiger partial charge in [0.05, 0.1) is 0 Å². The summed E-state index contributed by atoms with van der Waals surface area (Å²) < 4.78 is 6.18. The standard InChI is InChI=1S/C39H42N4O5/c1-26(2)25-40-37(45)34-23-28-13-9-17-31(21-28)48-32-18-10-14-29(22-32)24-35(42-36(44)30-15-7-4-8-16-30)39(47)41-33(38(46)43-34)20-19-27-11-5-3-6-12-27/h3-18,21-22,26,33-35H,19-20,23-25H2,1-2H3,(H,40,45)(H,41,47)(H,42,44)(H,43,46)/t33-,34-,35-/m0/s1. The number of nitrogens with one attached hydrogen (secondary N) is 4. The van der Waals surface area contributed by atoms with E-state index in [9.17, 15) is 19.2 Å². The lowest BCUT2D eigenvalue weighted by atomic mass is 10.00. The van der Waals surface area contributed by atoms with Gasteiger partial charge in [-0.25, -0.2) is 0 Å². The SMILES string of the molecule is CC(C)CNC(=O)[C@@H]1Cc2cccc(c2)Oc2cccc(c2)C[C@H](NC(=O)c2ccccc2)C(=O)N[C@@H](CCc2ccccc2)C(=O)N1. The molecule has 48 heavy (non-hydrogen) atoms. The minimum Gasteiger partial charge on any atom is -0.457 e. The monoisotopic (exact) mass is 646 g/mol. The molecule has 0 aromatic heterocycles. The fourth-order valence-corrected chi connectivity index (χ4v) is 5.53. The molecule has 5 rings (SSSR count). The number of carbonyl (C=O) groups is 4. The molecule has 0 saturated carbocycles. The highest BCUT2D eigenvalue weighted by atomic mass is 16.5. The molecule has 1 aliphatic rings. The second-order valence-electron chi connectivity index (χ2n) is 12.5. The summed E-state index contributed by atoms with van der Waals surface area (Å²) in [5.74, 6) is -0.401. The molecule has 0 spiro atoms. The predicted octanol–water partition coefficient (Wildman–Crippen LogP) is 4.75. The lowest BCUT2D eigenvalue weighted by Gasteiger charge is -2.26. The number of rotatable bonds is 8. The first-order valence-corrected chi connectivity index (χ1v) is 16.4. The van der Waals surface area contributed by atoms with Crippen molar-refractivity contribution in [1.29, 1.82) is 0 Å². The van der Waals surface area contributed by atoms with Crippen LogP contribution in [0.4, 0.5) is 0 Å². The van der Waals surface area contributed by atoms with Crippen LogP contribution in [0, 0.1) is 5.92 Å². The highest BCUT2D eigenvalue weighted by Crippen LogP contribution is 2.25. The molecule has 4 amide bonds. The van der Waals surface area contributed by atoms with Gasteiger partial charge >= 0.3 is 0 Å². The highest BCUT2D eigenvalue weighted by molar-refractivity contribution is 5.99. The van der Waals surface area contributed by atoms with E-state index in [4.69, 9.17) is 4.74 Å². The van der Waals surface area contributed by atoms with Crippen LogP contribution in [0.2, 0.25) is 0 Å². The zero-order valence-electron chi connectivity index (χ0n) is 27.3. The normalized spacial score (nSPS) is 18.2. The summed E-state index contributed by atoms with van der Waals surface area (Å²) in [5.41, 5.74) is 2.97. The van der Waals surface area contributed by atoms with Gasteiger partial charge in [0.1, 0.15) is 29.6 Å². The van der Waals surface area contributed by atoms with Crippen molar-refractivity contribution >= 4 is 23.6 Å². The number of amides is 4. The first-order valence-electron chi connectivity index (χ1n) is 16.4. The van der Waals surface area contributed by atoms with Crippen LogP contribution < -0.4 is 26.0 Å². The van der Waals surface area contributed by atoms with Crippen LogP contribution in [-0.4, -0.2) is 48.3 Å². The maximum absolute atomic E-state index is 14.0. The summed E-state index contributed by atoms with van der Waals surface area (Å²) in [5, 5.41) is 11.7. The Morgan fingerprint density at radius 3 is 2.04 bits per heavy atom. The van der Waals surface area contributed by atoms with Gasteiger partial charge in [0.25, 0.3) is 5.91 Å². The van der Waals surface area contributed by atoms with E-state index in [-0.39, 0.29) is 31.1 Å². The second-order valence-corrected chi connectivity index (χ2v) is 12.5. The predicted molar refractivity (Wildman–Crippen MR) is 185 cm³/mol. The molecule has 0 saturated heterocycles. The third kappa shape index (κ3) is 9.78. The van der Waals surface area contributed by atoms with Crippen molar-refractivity contribution in [3.05, 3.63) is 131 Å². The molecule has 0 unspecified atom stereocenters. The van der Waals surface area contributed by atoms with Crippen molar-refractivity contribution in [2.75, 3.05) is 6.54 Å². The summed E-state index contributed by atoms with van der Waals surface area (Å²) in [6.07, 6.45) is 1.14. The van der Waals surface area contributed by atoms with E-state index in [2.05, 4.69) is 21.3 Å².